The van der Waals surface area contributed by atoms with E-state index in [1.807, 2.05) is 59.4 Å². The van der Waals surface area contributed by atoms with E-state index in [0.717, 1.165) is 43.2 Å². The van der Waals surface area contributed by atoms with Crippen molar-refractivity contribution in [1.29, 1.82) is 0 Å². The molecule has 7 heteroatoms. The van der Waals surface area contributed by atoms with E-state index in [1.54, 1.807) is 0 Å². The molecule has 0 amide bonds. The molecular formula is C28H29ClN4O2. The summed E-state index contributed by atoms with van der Waals surface area (Å²) in [6.07, 6.45) is 5.05. The molecule has 35 heavy (non-hydrogen) atoms. The fourth-order valence-corrected chi connectivity index (χ4v) is 4.79. The van der Waals surface area contributed by atoms with E-state index in [-0.39, 0.29) is 12.2 Å². The Bertz CT molecular complexity index is 1230. The number of nitrogen functional groups attached to an aromatic ring is 1. The van der Waals surface area contributed by atoms with E-state index >= 15 is 0 Å². The maximum atomic E-state index is 6.41. The Morgan fingerprint density at radius 3 is 2.54 bits per heavy atom. The van der Waals surface area contributed by atoms with Crippen molar-refractivity contribution in [3.63, 3.8) is 0 Å². The number of piperidine rings is 1. The molecule has 2 N–H and O–H groups in total. The number of aromatic nitrogens is 2. The molecule has 180 valence electrons. The molecule has 5 rings (SSSR count). The number of anilines is 1. The van der Waals surface area contributed by atoms with Crippen molar-refractivity contribution in [1.82, 2.24) is 14.7 Å². The highest BCUT2D eigenvalue weighted by Crippen LogP contribution is 2.31. The summed E-state index contributed by atoms with van der Waals surface area (Å²) in [5.74, 6) is 1.85. The van der Waals surface area contributed by atoms with Crippen LogP contribution in [0, 0.1) is 0 Å². The zero-order valence-corrected chi connectivity index (χ0v) is 20.2. The van der Waals surface area contributed by atoms with Crippen LogP contribution in [0.15, 0.2) is 91.3 Å². The van der Waals surface area contributed by atoms with Gasteiger partial charge in [0.25, 0.3) is 0 Å². The molecule has 0 saturated carbocycles. The zero-order chi connectivity index (χ0) is 24.0. The summed E-state index contributed by atoms with van der Waals surface area (Å²) < 4.78 is 13.7. The smallest absolute Gasteiger partial charge is 0.162 e. The number of nitrogens with two attached hydrogens (primary N) is 1. The fraction of sp³-hybridized carbons (Fsp3) is 0.250. The van der Waals surface area contributed by atoms with Crippen LogP contribution in [0.3, 0.4) is 0 Å². The number of ether oxygens (including phenoxy) is 2. The molecule has 2 atom stereocenters. The number of hydrogen-bond acceptors (Lipinski definition) is 5. The van der Waals surface area contributed by atoms with Crippen LogP contribution in [-0.2, 0) is 6.54 Å². The average molecular weight is 489 g/mol. The second kappa shape index (κ2) is 10.8. The van der Waals surface area contributed by atoms with E-state index < -0.39 is 0 Å². The Labute approximate surface area is 210 Å². The summed E-state index contributed by atoms with van der Waals surface area (Å²) in [6, 6.07) is 26.1. The van der Waals surface area contributed by atoms with Crippen LogP contribution in [-0.4, -0.2) is 39.9 Å². The average Bonchev–Trinajstić information content (AvgIpc) is 3.36. The topological polar surface area (TPSA) is 65.5 Å². The quantitative estimate of drug-likeness (QED) is 0.263. The van der Waals surface area contributed by atoms with E-state index in [1.165, 1.54) is 11.1 Å². The van der Waals surface area contributed by atoms with Gasteiger partial charge in [-0.15, -0.1) is 0 Å². The highest BCUT2D eigenvalue weighted by molar-refractivity contribution is 6.17. The molecule has 3 aromatic carbocycles. The van der Waals surface area contributed by atoms with E-state index in [0.29, 0.717) is 11.6 Å². The van der Waals surface area contributed by atoms with Gasteiger partial charge in [-0.05, 0) is 53.9 Å². The number of likely N-dealkylation sites (tertiary alicyclic amines) is 1. The van der Waals surface area contributed by atoms with Gasteiger partial charge < -0.3 is 15.2 Å². The van der Waals surface area contributed by atoms with Gasteiger partial charge in [0.05, 0.1) is 11.9 Å². The van der Waals surface area contributed by atoms with Crippen molar-refractivity contribution in [3.8, 4) is 17.2 Å². The summed E-state index contributed by atoms with van der Waals surface area (Å²) in [4.78, 5) is 2.47. The van der Waals surface area contributed by atoms with Crippen molar-refractivity contribution in [2.24, 2.45) is 0 Å². The largest absolute Gasteiger partial charge is 0.489 e. The number of halogens is 1. The third-order valence-corrected chi connectivity index (χ3v) is 6.40. The molecule has 1 aliphatic rings. The third-order valence-electron chi connectivity index (χ3n) is 6.29. The molecule has 4 aromatic rings. The van der Waals surface area contributed by atoms with Gasteiger partial charge in [0.15, 0.2) is 6.07 Å². The van der Waals surface area contributed by atoms with Gasteiger partial charge in [-0.2, -0.15) is 5.10 Å². The molecule has 2 heterocycles. The van der Waals surface area contributed by atoms with Crippen molar-refractivity contribution in [2.45, 2.75) is 25.0 Å². The number of benzene rings is 3. The second-order valence-electron chi connectivity index (χ2n) is 8.89. The fourth-order valence-electron chi connectivity index (χ4n) is 4.67. The highest BCUT2D eigenvalue weighted by Gasteiger charge is 2.30. The number of hydrogen-bond donors (Lipinski definition) is 1. The lowest BCUT2D eigenvalue weighted by Crippen LogP contribution is -2.44. The maximum Gasteiger partial charge on any atom is 0.162 e. The lowest BCUT2D eigenvalue weighted by atomic mass is 9.90. The van der Waals surface area contributed by atoms with Crippen LogP contribution in [0.5, 0.6) is 11.5 Å². The van der Waals surface area contributed by atoms with Gasteiger partial charge in [-0.1, -0.05) is 48.0 Å². The standard InChI is InChI=1S/C28H29ClN4O2/c29-20-34-26-11-9-25(10-12-26)33-18-23(15-31-33)22-13-28(35-27-8-4-7-24(30)14-27)19-32(17-22)16-21-5-2-1-3-6-21/h1-12,14-15,18,22,28H,13,16-17,19-20,30H2. The normalized spacial score (nSPS) is 18.3. The van der Waals surface area contributed by atoms with Crippen molar-refractivity contribution in [2.75, 3.05) is 24.9 Å². The lowest BCUT2D eigenvalue weighted by molar-refractivity contribution is 0.0717. The molecule has 0 aliphatic carbocycles. The maximum absolute atomic E-state index is 6.41. The SMILES string of the molecule is Nc1cccc(OC2CC(c3cnn(-c4ccc(OCCl)cc4)c3)CN(Cc3ccccc3)C2)c1. The Hall–Kier alpha value is -3.48. The molecule has 2 unspecified atom stereocenters. The highest BCUT2D eigenvalue weighted by atomic mass is 35.5. The van der Waals surface area contributed by atoms with Crippen LogP contribution in [0.2, 0.25) is 0 Å². The number of alkyl halides is 1. The second-order valence-corrected chi connectivity index (χ2v) is 9.11. The number of rotatable bonds is 8. The Morgan fingerprint density at radius 1 is 0.943 bits per heavy atom. The summed E-state index contributed by atoms with van der Waals surface area (Å²) >= 11 is 5.66. The molecule has 1 aliphatic heterocycles. The first-order valence-electron chi connectivity index (χ1n) is 11.8. The Morgan fingerprint density at radius 2 is 1.77 bits per heavy atom. The van der Waals surface area contributed by atoms with Crippen LogP contribution in [0.4, 0.5) is 5.69 Å². The lowest BCUT2D eigenvalue weighted by Gasteiger charge is -2.37. The van der Waals surface area contributed by atoms with Crippen LogP contribution in [0.1, 0.15) is 23.5 Å². The zero-order valence-electron chi connectivity index (χ0n) is 19.5. The first kappa shape index (κ1) is 23.3. The van der Waals surface area contributed by atoms with Crippen LogP contribution < -0.4 is 15.2 Å². The first-order valence-corrected chi connectivity index (χ1v) is 12.3. The predicted molar refractivity (Wildman–Crippen MR) is 139 cm³/mol. The monoisotopic (exact) mass is 488 g/mol. The van der Waals surface area contributed by atoms with Crippen molar-refractivity contribution < 1.29 is 9.47 Å². The van der Waals surface area contributed by atoms with Crippen LogP contribution in [0.25, 0.3) is 5.69 Å². The van der Waals surface area contributed by atoms with Gasteiger partial charge in [-0.25, -0.2) is 4.68 Å². The van der Waals surface area contributed by atoms with Crippen molar-refractivity contribution >= 4 is 17.3 Å². The van der Waals surface area contributed by atoms with Gasteiger partial charge in [0.2, 0.25) is 0 Å². The van der Waals surface area contributed by atoms with Gasteiger partial charge in [-0.3, -0.25) is 4.90 Å². The molecule has 0 spiro atoms. The van der Waals surface area contributed by atoms with E-state index in [4.69, 9.17) is 26.8 Å². The molecule has 1 aromatic heterocycles. The molecule has 1 saturated heterocycles. The Kier molecular flexibility index (Phi) is 7.21. The van der Waals surface area contributed by atoms with E-state index in [2.05, 4.69) is 46.5 Å². The van der Waals surface area contributed by atoms with Gasteiger partial charge in [0, 0.05) is 43.5 Å². The van der Waals surface area contributed by atoms with Crippen molar-refractivity contribution in [3.05, 3.63) is 102 Å². The molecule has 0 bridgehead atoms. The predicted octanol–water partition coefficient (Wildman–Crippen LogP) is 5.47. The Balaban J connectivity index is 1.35. The molecule has 6 nitrogen and oxygen atoms in total. The minimum atomic E-state index is 0.0506. The molecular weight excluding hydrogens is 460 g/mol. The number of nitrogens with zero attached hydrogens (tertiary/aromatic N) is 3. The summed E-state index contributed by atoms with van der Waals surface area (Å²) in [7, 11) is 0. The summed E-state index contributed by atoms with van der Waals surface area (Å²) in [5.41, 5.74) is 10.2. The van der Waals surface area contributed by atoms with Gasteiger partial charge in [0.1, 0.15) is 17.6 Å². The molecule has 0 radical (unpaired) electrons. The van der Waals surface area contributed by atoms with Crippen LogP contribution >= 0.6 is 11.6 Å². The molecule has 1 fully saturated rings. The van der Waals surface area contributed by atoms with Gasteiger partial charge >= 0.3 is 0 Å². The van der Waals surface area contributed by atoms with E-state index in [9.17, 15) is 0 Å². The minimum absolute atomic E-state index is 0.0506. The third kappa shape index (κ3) is 5.96. The minimum Gasteiger partial charge on any atom is -0.489 e. The summed E-state index contributed by atoms with van der Waals surface area (Å²) in [5, 5.41) is 4.64. The summed E-state index contributed by atoms with van der Waals surface area (Å²) in [6.45, 7) is 2.68. The first-order chi connectivity index (χ1) is 17.2.